The molecule has 16 heteroatoms. The molecule has 16 nitrogen and oxygen atoms in total. The molecule has 2 amide bonds. The Kier molecular flexibility index (Phi) is 11.6. The molecule has 1 saturated carbocycles. The van der Waals surface area contributed by atoms with Gasteiger partial charge in [0.05, 0.1) is 40.0 Å². The number of benzene rings is 3. The van der Waals surface area contributed by atoms with Crippen LogP contribution < -0.4 is 19.7 Å². The Labute approximate surface area is 420 Å². The van der Waals surface area contributed by atoms with Crippen molar-refractivity contribution in [3.05, 3.63) is 100 Å². The van der Waals surface area contributed by atoms with E-state index >= 15 is 4.79 Å². The largest absolute Gasteiger partial charge is 0.497 e. The van der Waals surface area contributed by atoms with Crippen LogP contribution in [0.15, 0.2) is 66.7 Å². The Hall–Kier alpha value is -6.10. The Bertz CT molecular complexity index is 2920. The number of fused-ring (bicyclic) bond motifs is 7. The van der Waals surface area contributed by atoms with E-state index in [0.29, 0.717) is 95.7 Å². The van der Waals surface area contributed by atoms with E-state index in [9.17, 15) is 19.5 Å². The number of nitrogens with zero attached hydrogens (tertiary/aromatic N) is 4. The summed E-state index contributed by atoms with van der Waals surface area (Å²) in [6.07, 6.45) is 6.00. The zero-order valence-corrected chi connectivity index (χ0v) is 42.8. The van der Waals surface area contributed by atoms with Gasteiger partial charge >= 0.3 is 23.9 Å². The quantitative estimate of drug-likeness (QED) is 0.106. The summed E-state index contributed by atoms with van der Waals surface area (Å²) in [4.78, 5) is 70.6. The van der Waals surface area contributed by atoms with Crippen LogP contribution in [0.3, 0.4) is 0 Å². The number of hydrogen-bond acceptors (Lipinski definition) is 13. The highest BCUT2D eigenvalue weighted by atomic mass is 16.6. The minimum Gasteiger partial charge on any atom is -0.497 e. The third-order valence-electron chi connectivity index (χ3n) is 18.4. The zero-order chi connectivity index (χ0) is 50.7. The molecule has 6 aliphatic heterocycles. The molecule has 4 aromatic rings. The molecule has 7 heterocycles. The summed E-state index contributed by atoms with van der Waals surface area (Å²) in [7, 11) is 7.83. The predicted octanol–water partition coefficient (Wildman–Crippen LogP) is 5.73. The number of para-hydroxylation sites is 1. The molecule has 3 N–H and O–H groups in total. The number of carbonyl (C=O) groups excluding carboxylic acids is 4. The normalized spacial score (nSPS) is 33.0. The highest BCUT2D eigenvalue weighted by Crippen LogP contribution is 2.68. The summed E-state index contributed by atoms with van der Waals surface area (Å²) in [6.45, 7) is 9.71. The smallest absolute Gasteiger partial charge is 0.344 e. The second kappa shape index (κ2) is 17.3. The van der Waals surface area contributed by atoms with Gasteiger partial charge in [-0.15, -0.1) is 0 Å². The van der Waals surface area contributed by atoms with Crippen LogP contribution >= 0.6 is 0 Å². The van der Waals surface area contributed by atoms with Crippen LogP contribution in [0.5, 0.6) is 11.5 Å². The van der Waals surface area contributed by atoms with Crippen molar-refractivity contribution in [2.45, 2.75) is 113 Å². The number of piperidine rings is 1. The highest BCUT2D eigenvalue weighted by Gasteiger charge is 2.80. The van der Waals surface area contributed by atoms with Gasteiger partial charge in [0.2, 0.25) is 5.60 Å². The van der Waals surface area contributed by atoms with E-state index in [2.05, 4.69) is 51.3 Å². The SMILES string of the molecule is CC[C@]1(NC(=O)N2Cc3ccc(OC)cc3C2)C[C@H]2CN(CCc3c([nH]c4ccccc34)[C@@](C(=O)OC)(c3cc4c(cc3OC)N(C)[C@H]3[C@@](O)(C(=O)OC)[C@H](OC(C)=O)[C@]5(CC)C=CCN6CC[C@]43[C@@H]65)C2)C1. The lowest BCUT2D eigenvalue weighted by Crippen LogP contribution is -2.81. The van der Waals surface area contributed by atoms with Gasteiger partial charge in [0, 0.05) is 104 Å². The Balaban J connectivity index is 1.10. The first kappa shape index (κ1) is 48.2. The van der Waals surface area contributed by atoms with Gasteiger partial charge in [0.25, 0.3) is 0 Å². The minimum atomic E-state index is -2.33. The van der Waals surface area contributed by atoms with Gasteiger partial charge in [-0.3, -0.25) is 14.5 Å². The first-order valence-corrected chi connectivity index (χ1v) is 25.6. The summed E-state index contributed by atoms with van der Waals surface area (Å²) in [5.74, 6) is -0.888. The lowest BCUT2D eigenvalue weighted by Gasteiger charge is -2.63. The summed E-state index contributed by atoms with van der Waals surface area (Å²) in [5.41, 5.74) is 0.581. The van der Waals surface area contributed by atoms with Gasteiger partial charge in [-0.25, -0.2) is 9.59 Å². The molecule has 2 saturated heterocycles. The van der Waals surface area contributed by atoms with E-state index in [0.717, 1.165) is 50.3 Å². The van der Waals surface area contributed by atoms with Crippen molar-refractivity contribution >= 4 is 40.5 Å². The third-order valence-corrected chi connectivity index (χ3v) is 18.4. The van der Waals surface area contributed by atoms with Crippen LogP contribution in [-0.4, -0.2) is 146 Å². The van der Waals surface area contributed by atoms with Crippen molar-refractivity contribution in [3.63, 3.8) is 0 Å². The number of esters is 3. The molecule has 3 aromatic carbocycles. The molecule has 1 aromatic heterocycles. The number of rotatable bonds is 9. The molecule has 0 radical (unpaired) electrons. The van der Waals surface area contributed by atoms with E-state index in [1.165, 1.54) is 21.1 Å². The second-order valence-electron chi connectivity index (χ2n) is 21.7. The lowest BCUT2D eigenvalue weighted by molar-refractivity contribution is -0.228. The van der Waals surface area contributed by atoms with Gasteiger partial charge in [-0.1, -0.05) is 50.3 Å². The second-order valence-corrected chi connectivity index (χ2v) is 21.7. The van der Waals surface area contributed by atoms with E-state index in [1.807, 2.05) is 66.2 Å². The van der Waals surface area contributed by atoms with Crippen LogP contribution in [0, 0.1) is 11.3 Å². The zero-order valence-electron chi connectivity index (χ0n) is 42.8. The van der Waals surface area contributed by atoms with Gasteiger partial charge < -0.3 is 53.8 Å². The molecule has 72 heavy (non-hydrogen) atoms. The van der Waals surface area contributed by atoms with Gasteiger partial charge in [0.15, 0.2) is 6.10 Å². The Morgan fingerprint density at radius 1 is 0.875 bits per heavy atom. The molecule has 2 bridgehead atoms. The maximum absolute atomic E-state index is 15.8. The number of likely N-dealkylation sites (N-methyl/N-ethyl adjacent to an activating group) is 1. The number of urea groups is 1. The molecule has 7 aliphatic rings. The number of nitrogens with one attached hydrogen (secondary N) is 2. The third kappa shape index (κ3) is 6.59. The first-order valence-electron chi connectivity index (χ1n) is 25.6. The maximum Gasteiger partial charge on any atom is 0.344 e. The first-order chi connectivity index (χ1) is 34.6. The van der Waals surface area contributed by atoms with E-state index in [4.69, 9.17) is 23.7 Å². The number of aromatic nitrogens is 1. The summed E-state index contributed by atoms with van der Waals surface area (Å²) < 4.78 is 29.9. The molecule has 1 unspecified atom stereocenters. The van der Waals surface area contributed by atoms with Crippen LogP contribution in [0.25, 0.3) is 10.9 Å². The molecule has 1 spiro atoms. The van der Waals surface area contributed by atoms with Gasteiger partial charge in [-0.2, -0.15) is 0 Å². The summed E-state index contributed by atoms with van der Waals surface area (Å²) in [5, 5.41) is 18.1. The van der Waals surface area contributed by atoms with E-state index < -0.39 is 57.4 Å². The fraction of sp³-hybridized carbons (Fsp3) is 0.536. The number of ether oxygens (including phenoxy) is 5. The maximum atomic E-state index is 15.8. The molecule has 3 fully saturated rings. The Morgan fingerprint density at radius 2 is 1.65 bits per heavy atom. The number of amides is 2. The number of anilines is 1. The number of aliphatic hydroxyl groups is 1. The molecular weight excluding hydrogens is 917 g/mol. The lowest BCUT2D eigenvalue weighted by atomic mass is 9.47. The number of aromatic amines is 1. The van der Waals surface area contributed by atoms with Crippen molar-refractivity contribution in [1.29, 1.82) is 0 Å². The van der Waals surface area contributed by atoms with Crippen LogP contribution in [0.1, 0.15) is 86.4 Å². The molecule has 10 atom stereocenters. The fourth-order valence-electron chi connectivity index (χ4n) is 15.7. The van der Waals surface area contributed by atoms with Crippen molar-refractivity contribution in [1.82, 2.24) is 25.0 Å². The molecule has 1 aliphatic carbocycles. The van der Waals surface area contributed by atoms with Crippen molar-refractivity contribution in [2.75, 3.05) is 73.1 Å². The van der Waals surface area contributed by atoms with Gasteiger partial charge in [-0.05, 0) is 97.5 Å². The molecule has 11 rings (SSSR count). The van der Waals surface area contributed by atoms with Gasteiger partial charge in [0.1, 0.15) is 16.9 Å². The molecule has 382 valence electrons. The minimum absolute atomic E-state index is 0.127. The number of hydrogen-bond donors (Lipinski definition) is 3. The van der Waals surface area contributed by atoms with E-state index in [-0.39, 0.29) is 18.0 Å². The Morgan fingerprint density at radius 3 is 2.38 bits per heavy atom. The number of H-pyrrole nitrogens is 1. The van der Waals surface area contributed by atoms with Crippen LogP contribution in [0.4, 0.5) is 10.5 Å². The monoisotopic (exact) mass is 984 g/mol. The number of carbonyl (C=O) groups is 4. The fourth-order valence-corrected chi connectivity index (χ4v) is 15.7. The van der Waals surface area contributed by atoms with E-state index in [1.54, 1.807) is 14.2 Å². The highest BCUT2D eigenvalue weighted by molar-refractivity contribution is 5.95. The van der Waals surface area contributed by atoms with Crippen LogP contribution in [0.2, 0.25) is 0 Å². The average molecular weight is 985 g/mol. The standard InChI is InChI=1S/C56H68N6O10/c1-9-52(58-51(66)62-30-35-16-17-37(68-5)24-36(35)31-62)27-34-28-55(49(64)70-7,45-39(18-22-60(29-34)32-52)38-14-11-12-15-42(38)57-45)41-25-40-43(26-44(41)69-6)59(4)47-54(40)20-23-61-21-13-19-53(10-2,46(54)61)48(72-33(3)63)56(47,67)50(65)71-8/h11-17,19,24-26,34,46-48,57,67H,9-10,18,20-23,27-32H2,1-8H3,(H,58,66)/t34-,46+,47-,48-,52+,53-,54-,55+,56+/m1/s1. The summed E-state index contributed by atoms with van der Waals surface area (Å²) in [6, 6.07) is 16.8. The number of methoxy groups -OCH3 is 4. The summed E-state index contributed by atoms with van der Waals surface area (Å²) >= 11 is 0. The van der Waals surface area contributed by atoms with Crippen LogP contribution in [-0.2, 0) is 58.9 Å². The topological polar surface area (TPSA) is 175 Å². The van der Waals surface area contributed by atoms with Crippen molar-refractivity contribution in [3.8, 4) is 11.5 Å². The molecular formula is C56H68N6O10. The predicted molar refractivity (Wildman–Crippen MR) is 269 cm³/mol. The van der Waals surface area contributed by atoms with Crippen molar-refractivity contribution in [2.24, 2.45) is 11.3 Å². The average Bonchev–Trinajstić information content (AvgIpc) is 4.16. The van der Waals surface area contributed by atoms with Crippen molar-refractivity contribution < 1.29 is 48.0 Å².